The van der Waals surface area contributed by atoms with Gasteiger partial charge in [-0.3, -0.25) is 0 Å². The topological polar surface area (TPSA) is 51.2 Å². The normalized spacial score (nSPS) is 11.8. The van der Waals surface area contributed by atoms with E-state index in [1.165, 1.54) is 7.11 Å². The molecule has 1 aromatic carbocycles. The highest BCUT2D eigenvalue weighted by molar-refractivity contribution is 6.31. The molecule has 0 spiro atoms. The summed E-state index contributed by atoms with van der Waals surface area (Å²) in [6.07, 6.45) is 1.14. The Morgan fingerprint density at radius 1 is 1.43 bits per heavy atom. The largest absolute Gasteiger partial charge is 0.465 e. The number of anilines is 1. The zero-order chi connectivity index (χ0) is 15.4. The number of pyridine rings is 1. The second-order valence-electron chi connectivity index (χ2n) is 4.43. The standard InChI is InChI=1S/C15H14ClFN2O2/c1-9(10-5-3-4-6-12(10)16)19-14-7-13(17)11(8-18-14)15(20)21-2/h3-9H,1-2H3,(H,18,19). The first kappa shape index (κ1) is 15.3. The molecule has 2 rings (SSSR count). The molecule has 6 heteroatoms. The van der Waals surface area contributed by atoms with Crippen molar-refractivity contribution in [3.63, 3.8) is 0 Å². The van der Waals surface area contributed by atoms with Gasteiger partial charge in [0.05, 0.1) is 13.2 Å². The number of carbonyl (C=O) groups excluding carboxylic acids is 1. The van der Waals surface area contributed by atoms with E-state index in [0.717, 1.165) is 17.8 Å². The average molecular weight is 309 g/mol. The van der Waals surface area contributed by atoms with Crippen molar-refractivity contribution in [3.8, 4) is 0 Å². The Morgan fingerprint density at radius 2 is 2.14 bits per heavy atom. The SMILES string of the molecule is COC(=O)c1cnc(NC(C)c2ccccc2Cl)cc1F. The van der Waals surface area contributed by atoms with Crippen molar-refractivity contribution < 1.29 is 13.9 Å². The lowest BCUT2D eigenvalue weighted by Gasteiger charge is -2.16. The summed E-state index contributed by atoms with van der Waals surface area (Å²) in [4.78, 5) is 15.3. The van der Waals surface area contributed by atoms with E-state index in [1.807, 2.05) is 25.1 Å². The molecule has 1 aromatic heterocycles. The van der Waals surface area contributed by atoms with Gasteiger partial charge in [-0.2, -0.15) is 0 Å². The smallest absolute Gasteiger partial charge is 0.342 e. The molecule has 0 fully saturated rings. The van der Waals surface area contributed by atoms with Crippen molar-refractivity contribution in [3.05, 3.63) is 58.5 Å². The molecular formula is C15H14ClFN2O2. The van der Waals surface area contributed by atoms with Gasteiger partial charge in [-0.25, -0.2) is 14.2 Å². The van der Waals surface area contributed by atoms with E-state index in [9.17, 15) is 9.18 Å². The Labute approximate surface area is 126 Å². The summed E-state index contributed by atoms with van der Waals surface area (Å²) in [7, 11) is 1.19. The van der Waals surface area contributed by atoms with Crippen molar-refractivity contribution in [1.29, 1.82) is 0 Å². The molecule has 0 amide bonds. The van der Waals surface area contributed by atoms with Crippen LogP contribution < -0.4 is 5.32 Å². The van der Waals surface area contributed by atoms with Gasteiger partial charge in [-0.1, -0.05) is 29.8 Å². The van der Waals surface area contributed by atoms with Crippen LogP contribution in [0.15, 0.2) is 36.5 Å². The van der Waals surface area contributed by atoms with Crippen LogP contribution in [0.25, 0.3) is 0 Å². The maximum atomic E-state index is 13.8. The quantitative estimate of drug-likeness (QED) is 0.872. The fourth-order valence-corrected chi connectivity index (χ4v) is 2.20. The predicted octanol–water partition coefficient (Wildman–Crippen LogP) is 3.83. The number of benzene rings is 1. The highest BCUT2D eigenvalue weighted by Gasteiger charge is 2.15. The van der Waals surface area contributed by atoms with Crippen molar-refractivity contribution in [1.82, 2.24) is 4.98 Å². The molecule has 0 saturated heterocycles. The van der Waals surface area contributed by atoms with Gasteiger partial charge >= 0.3 is 5.97 Å². The molecule has 0 saturated carbocycles. The molecule has 2 aromatic rings. The molecule has 0 aliphatic heterocycles. The van der Waals surface area contributed by atoms with Crippen molar-refractivity contribution in [2.75, 3.05) is 12.4 Å². The lowest BCUT2D eigenvalue weighted by atomic mass is 10.1. The second-order valence-corrected chi connectivity index (χ2v) is 4.84. The minimum Gasteiger partial charge on any atom is -0.465 e. The molecule has 0 aliphatic carbocycles. The first-order valence-electron chi connectivity index (χ1n) is 6.27. The average Bonchev–Trinajstić information content (AvgIpc) is 2.47. The third-order valence-electron chi connectivity index (χ3n) is 2.99. The van der Waals surface area contributed by atoms with E-state index < -0.39 is 11.8 Å². The third kappa shape index (κ3) is 3.49. The van der Waals surface area contributed by atoms with Crippen molar-refractivity contribution in [2.45, 2.75) is 13.0 Å². The van der Waals surface area contributed by atoms with E-state index in [4.69, 9.17) is 11.6 Å². The summed E-state index contributed by atoms with van der Waals surface area (Å²) in [5.41, 5.74) is 0.673. The summed E-state index contributed by atoms with van der Waals surface area (Å²) in [6.45, 7) is 1.88. The Morgan fingerprint density at radius 3 is 2.76 bits per heavy atom. The predicted molar refractivity (Wildman–Crippen MR) is 79.0 cm³/mol. The molecule has 4 nitrogen and oxygen atoms in total. The molecule has 110 valence electrons. The number of hydrogen-bond acceptors (Lipinski definition) is 4. The molecular weight excluding hydrogens is 295 g/mol. The number of esters is 1. The van der Waals surface area contributed by atoms with Gasteiger partial charge in [0.1, 0.15) is 17.2 Å². The molecule has 1 heterocycles. The number of aromatic nitrogens is 1. The maximum Gasteiger partial charge on any atom is 0.342 e. The first-order chi connectivity index (χ1) is 10.0. The lowest BCUT2D eigenvalue weighted by Crippen LogP contribution is -2.11. The van der Waals surface area contributed by atoms with Crippen LogP contribution in [0, 0.1) is 5.82 Å². The van der Waals surface area contributed by atoms with E-state index >= 15 is 0 Å². The van der Waals surface area contributed by atoms with Crippen LogP contribution in [0.3, 0.4) is 0 Å². The monoisotopic (exact) mass is 308 g/mol. The van der Waals surface area contributed by atoms with Gasteiger partial charge in [0.25, 0.3) is 0 Å². The maximum absolute atomic E-state index is 13.8. The van der Waals surface area contributed by atoms with E-state index in [0.29, 0.717) is 10.8 Å². The zero-order valence-electron chi connectivity index (χ0n) is 11.6. The number of halogens is 2. The summed E-state index contributed by atoms with van der Waals surface area (Å²) in [5.74, 6) is -1.14. The van der Waals surface area contributed by atoms with Crippen LogP contribution in [-0.4, -0.2) is 18.1 Å². The minimum atomic E-state index is -0.759. The Balaban J connectivity index is 2.19. The number of hydrogen-bond donors (Lipinski definition) is 1. The number of nitrogens with zero attached hydrogens (tertiary/aromatic N) is 1. The highest BCUT2D eigenvalue weighted by Crippen LogP contribution is 2.25. The fourth-order valence-electron chi connectivity index (χ4n) is 1.90. The van der Waals surface area contributed by atoms with Crippen LogP contribution >= 0.6 is 11.6 Å². The molecule has 1 unspecified atom stereocenters. The number of rotatable bonds is 4. The lowest BCUT2D eigenvalue weighted by molar-refractivity contribution is 0.0595. The van der Waals surface area contributed by atoms with Crippen LogP contribution in [0.2, 0.25) is 5.02 Å². The molecule has 21 heavy (non-hydrogen) atoms. The summed E-state index contributed by atoms with van der Waals surface area (Å²) >= 11 is 6.11. The molecule has 0 aliphatic rings. The van der Waals surface area contributed by atoms with Gasteiger partial charge in [0.15, 0.2) is 0 Å². The van der Waals surface area contributed by atoms with E-state index in [-0.39, 0.29) is 11.6 Å². The van der Waals surface area contributed by atoms with E-state index in [2.05, 4.69) is 15.0 Å². The van der Waals surface area contributed by atoms with Crippen LogP contribution in [0.5, 0.6) is 0 Å². The van der Waals surface area contributed by atoms with Crippen molar-refractivity contribution in [2.24, 2.45) is 0 Å². The number of nitrogens with one attached hydrogen (secondary N) is 1. The van der Waals surface area contributed by atoms with Crippen LogP contribution in [-0.2, 0) is 4.74 Å². The number of carbonyl (C=O) groups is 1. The second kappa shape index (κ2) is 6.54. The van der Waals surface area contributed by atoms with Gasteiger partial charge in [-0.15, -0.1) is 0 Å². The fraction of sp³-hybridized carbons (Fsp3) is 0.200. The minimum absolute atomic E-state index is 0.158. The van der Waals surface area contributed by atoms with Gasteiger partial charge in [0.2, 0.25) is 0 Å². The first-order valence-corrected chi connectivity index (χ1v) is 6.65. The van der Waals surface area contributed by atoms with Crippen molar-refractivity contribution >= 4 is 23.4 Å². The molecule has 0 radical (unpaired) electrons. The van der Waals surface area contributed by atoms with Gasteiger partial charge in [0, 0.05) is 17.3 Å². The van der Waals surface area contributed by atoms with E-state index in [1.54, 1.807) is 6.07 Å². The number of ether oxygens (including phenoxy) is 1. The molecule has 0 bridgehead atoms. The summed E-state index contributed by atoms with van der Waals surface area (Å²) < 4.78 is 18.3. The molecule has 1 atom stereocenters. The molecule has 1 N–H and O–H groups in total. The summed E-state index contributed by atoms with van der Waals surface area (Å²) in [5, 5.41) is 3.65. The Kier molecular flexibility index (Phi) is 4.75. The number of methoxy groups -OCH3 is 1. The zero-order valence-corrected chi connectivity index (χ0v) is 12.3. The third-order valence-corrected chi connectivity index (χ3v) is 3.34. The summed E-state index contributed by atoms with van der Waals surface area (Å²) in [6, 6.07) is 8.35. The van der Waals surface area contributed by atoms with Gasteiger partial charge in [-0.05, 0) is 18.6 Å². The van der Waals surface area contributed by atoms with Crippen LogP contribution in [0.4, 0.5) is 10.2 Å². The Hall–Kier alpha value is -2.14. The highest BCUT2D eigenvalue weighted by atomic mass is 35.5. The van der Waals surface area contributed by atoms with Gasteiger partial charge < -0.3 is 10.1 Å². The Bertz CT molecular complexity index is 664. The van der Waals surface area contributed by atoms with Crippen LogP contribution in [0.1, 0.15) is 28.9 Å².